The number of hydrogen-bond acceptors (Lipinski definition) is 4. The molecule has 5 heteroatoms. The van der Waals surface area contributed by atoms with Gasteiger partial charge in [0.2, 0.25) is 5.91 Å². The number of nitrogens with zero attached hydrogens (tertiary/aromatic N) is 1. The first-order valence-electron chi connectivity index (χ1n) is 8.40. The summed E-state index contributed by atoms with van der Waals surface area (Å²) >= 11 is 0. The van der Waals surface area contributed by atoms with Crippen LogP contribution in [0.25, 0.3) is 0 Å². The van der Waals surface area contributed by atoms with E-state index in [2.05, 4.69) is 10.2 Å². The van der Waals surface area contributed by atoms with E-state index in [4.69, 9.17) is 9.15 Å². The summed E-state index contributed by atoms with van der Waals surface area (Å²) in [6.07, 6.45) is 4.44. The van der Waals surface area contributed by atoms with Gasteiger partial charge in [-0.25, -0.2) is 0 Å². The summed E-state index contributed by atoms with van der Waals surface area (Å²) in [6, 6.07) is 4.11. The topological polar surface area (TPSA) is 54.7 Å². The molecule has 1 unspecified atom stereocenters. The van der Waals surface area contributed by atoms with E-state index in [0.29, 0.717) is 6.54 Å². The lowest BCUT2D eigenvalue weighted by molar-refractivity contribution is -0.125. The largest absolute Gasteiger partial charge is 0.465 e. The third-order valence-corrected chi connectivity index (χ3v) is 4.77. The van der Waals surface area contributed by atoms with E-state index in [9.17, 15) is 4.79 Å². The molecule has 1 saturated heterocycles. The Balaban J connectivity index is 1.63. The standard InChI is InChI=1S/C17H26N2O3/c1-13-6-7-16(22-13)15(19-8-10-21-11-9-19)12-18-17(20)14-4-2-3-5-14/h6-7,14-15H,2-5,8-12H2,1H3,(H,18,20). The Kier molecular flexibility index (Phi) is 5.16. The molecule has 1 aliphatic carbocycles. The molecule has 1 atom stereocenters. The Morgan fingerprint density at radius 3 is 2.68 bits per heavy atom. The van der Waals surface area contributed by atoms with Gasteiger partial charge >= 0.3 is 0 Å². The maximum absolute atomic E-state index is 12.3. The minimum atomic E-state index is 0.1000. The van der Waals surface area contributed by atoms with Gasteiger partial charge in [-0.3, -0.25) is 9.69 Å². The van der Waals surface area contributed by atoms with Gasteiger partial charge in [0, 0.05) is 25.6 Å². The van der Waals surface area contributed by atoms with E-state index in [-0.39, 0.29) is 17.9 Å². The van der Waals surface area contributed by atoms with Gasteiger partial charge in [-0.1, -0.05) is 12.8 Å². The van der Waals surface area contributed by atoms with Gasteiger partial charge in [-0.15, -0.1) is 0 Å². The molecule has 22 heavy (non-hydrogen) atoms. The first-order valence-corrected chi connectivity index (χ1v) is 8.40. The highest BCUT2D eigenvalue weighted by Gasteiger charge is 2.28. The molecule has 1 aromatic heterocycles. The first-order chi connectivity index (χ1) is 10.7. The maximum Gasteiger partial charge on any atom is 0.223 e. The number of amides is 1. The van der Waals surface area contributed by atoms with Crippen molar-refractivity contribution in [3.05, 3.63) is 23.7 Å². The summed E-state index contributed by atoms with van der Waals surface area (Å²) in [5.41, 5.74) is 0. The molecule has 0 radical (unpaired) electrons. The number of rotatable bonds is 5. The van der Waals surface area contributed by atoms with E-state index in [0.717, 1.165) is 50.7 Å². The van der Waals surface area contributed by atoms with Crippen molar-refractivity contribution in [1.82, 2.24) is 10.2 Å². The van der Waals surface area contributed by atoms with E-state index < -0.39 is 0 Å². The number of carbonyl (C=O) groups excluding carboxylic acids is 1. The van der Waals surface area contributed by atoms with Crippen LogP contribution < -0.4 is 5.32 Å². The summed E-state index contributed by atoms with van der Waals surface area (Å²) in [7, 11) is 0. The molecule has 1 aliphatic heterocycles. The minimum Gasteiger partial charge on any atom is -0.465 e. The molecule has 2 fully saturated rings. The van der Waals surface area contributed by atoms with Crippen LogP contribution in [-0.2, 0) is 9.53 Å². The van der Waals surface area contributed by atoms with Crippen molar-refractivity contribution in [3.63, 3.8) is 0 Å². The molecule has 2 aliphatic rings. The molecule has 5 nitrogen and oxygen atoms in total. The zero-order chi connectivity index (χ0) is 15.4. The van der Waals surface area contributed by atoms with Crippen molar-refractivity contribution in [2.75, 3.05) is 32.8 Å². The van der Waals surface area contributed by atoms with E-state index in [1.807, 2.05) is 19.1 Å². The predicted octanol–water partition coefficient (Wildman–Crippen LogP) is 2.27. The van der Waals surface area contributed by atoms with Crippen LogP contribution in [0.3, 0.4) is 0 Å². The fourth-order valence-electron chi connectivity index (χ4n) is 3.46. The van der Waals surface area contributed by atoms with Gasteiger partial charge in [0.15, 0.2) is 0 Å². The van der Waals surface area contributed by atoms with Crippen LogP contribution in [0.5, 0.6) is 0 Å². The van der Waals surface area contributed by atoms with Crippen LogP contribution in [0.4, 0.5) is 0 Å². The predicted molar refractivity (Wildman–Crippen MR) is 83.5 cm³/mol. The van der Waals surface area contributed by atoms with Crippen molar-refractivity contribution in [1.29, 1.82) is 0 Å². The average molecular weight is 306 g/mol. The summed E-state index contributed by atoms with van der Waals surface area (Å²) in [6.45, 7) is 5.81. The maximum atomic E-state index is 12.3. The third-order valence-electron chi connectivity index (χ3n) is 4.77. The lowest BCUT2D eigenvalue weighted by Crippen LogP contribution is -2.44. The Labute approximate surface area is 132 Å². The molecule has 122 valence electrons. The smallest absolute Gasteiger partial charge is 0.223 e. The first kappa shape index (κ1) is 15.6. The zero-order valence-corrected chi connectivity index (χ0v) is 13.3. The molecular weight excluding hydrogens is 280 g/mol. The summed E-state index contributed by atoms with van der Waals surface area (Å²) in [4.78, 5) is 14.6. The van der Waals surface area contributed by atoms with Gasteiger partial charge in [-0.2, -0.15) is 0 Å². The van der Waals surface area contributed by atoms with Gasteiger partial charge in [-0.05, 0) is 31.9 Å². The zero-order valence-electron chi connectivity index (χ0n) is 13.3. The van der Waals surface area contributed by atoms with Crippen molar-refractivity contribution in [3.8, 4) is 0 Å². The highest BCUT2D eigenvalue weighted by atomic mass is 16.5. The van der Waals surface area contributed by atoms with Crippen molar-refractivity contribution >= 4 is 5.91 Å². The lowest BCUT2D eigenvalue weighted by Gasteiger charge is -2.33. The fraction of sp³-hybridized carbons (Fsp3) is 0.706. The number of hydrogen-bond donors (Lipinski definition) is 1. The van der Waals surface area contributed by atoms with Crippen LogP contribution >= 0.6 is 0 Å². The van der Waals surface area contributed by atoms with Gasteiger partial charge in [0.25, 0.3) is 0 Å². The molecule has 1 saturated carbocycles. The second-order valence-corrected chi connectivity index (χ2v) is 6.34. The Morgan fingerprint density at radius 1 is 1.32 bits per heavy atom. The number of furan rings is 1. The number of aryl methyl sites for hydroxylation is 1. The third kappa shape index (κ3) is 3.70. The van der Waals surface area contributed by atoms with Crippen LogP contribution in [0.15, 0.2) is 16.5 Å². The lowest BCUT2D eigenvalue weighted by atomic mass is 10.1. The highest BCUT2D eigenvalue weighted by molar-refractivity contribution is 5.78. The molecule has 0 spiro atoms. The minimum absolute atomic E-state index is 0.1000. The average Bonchev–Trinajstić information content (AvgIpc) is 3.20. The van der Waals surface area contributed by atoms with E-state index in [1.54, 1.807) is 0 Å². The normalized spacial score (nSPS) is 21.9. The van der Waals surface area contributed by atoms with E-state index in [1.165, 1.54) is 12.8 Å². The van der Waals surface area contributed by atoms with Crippen molar-refractivity contribution < 1.29 is 13.9 Å². The molecule has 1 amide bonds. The van der Waals surface area contributed by atoms with Crippen molar-refractivity contribution in [2.24, 2.45) is 5.92 Å². The number of ether oxygens (including phenoxy) is 1. The summed E-state index contributed by atoms with van der Waals surface area (Å²) in [5.74, 6) is 2.27. The van der Waals surface area contributed by atoms with Gasteiger partial charge < -0.3 is 14.5 Å². The van der Waals surface area contributed by atoms with Crippen LogP contribution in [0.1, 0.15) is 43.2 Å². The van der Waals surface area contributed by atoms with Crippen LogP contribution in [-0.4, -0.2) is 43.7 Å². The summed E-state index contributed by atoms with van der Waals surface area (Å²) in [5, 5.41) is 3.15. The number of morpholine rings is 1. The van der Waals surface area contributed by atoms with Crippen LogP contribution in [0, 0.1) is 12.8 Å². The quantitative estimate of drug-likeness (QED) is 0.906. The SMILES string of the molecule is Cc1ccc(C(CNC(=O)C2CCCC2)N2CCOCC2)o1. The highest BCUT2D eigenvalue weighted by Crippen LogP contribution is 2.26. The van der Waals surface area contributed by atoms with Gasteiger partial charge in [0.1, 0.15) is 11.5 Å². The Bertz CT molecular complexity index is 488. The second kappa shape index (κ2) is 7.29. The fourth-order valence-corrected chi connectivity index (χ4v) is 3.46. The molecule has 1 aromatic rings. The molecule has 0 bridgehead atoms. The van der Waals surface area contributed by atoms with E-state index >= 15 is 0 Å². The molecule has 1 N–H and O–H groups in total. The number of carbonyl (C=O) groups is 1. The van der Waals surface area contributed by atoms with Crippen molar-refractivity contribution in [2.45, 2.75) is 38.6 Å². The molecule has 2 heterocycles. The molecule has 0 aromatic carbocycles. The second-order valence-electron chi connectivity index (χ2n) is 6.34. The summed E-state index contributed by atoms with van der Waals surface area (Å²) < 4.78 is 11.3. The Morgan fingerprint density at radius 2 is 2.05 bits per heavy atom. The molecular formula is C17H26N2O3. The van der Waals surface area contributed by atoms with Crippen LogP contribution in [0.2, 0.25) is 0 Å². The monoisotopic (exact) mass is 306 g/mol. The van der Waals surface area contributed by atoms with Gasteiger partial charge in [0.05, 0.1) is 19.3 Å². The Hall–Kier alpha value is -1.33. The molecule has 3 rings (SSSR count). The number of nitrogens with one attached hydrogen (secondary N) is 1.